The lowest BCUT2D eigenvalue weighted by Gasteiger charge is -1.97. The largest absolute Gasteiger partial charge is 0.390 e. The lowest BCUT2D eigenvalue weighted by molar-refractivity contribution is 0.276. The van der Waals surface area contributed by atoms with Gasteiger partial charge in [-0.1, -0.05) is 19.9 Å². The van der Waals surface area contributed by atoms with E-state index in [1.54, 1.807) is 6.07 Å². The number of nitrogens with two attached hydrogens (primary N) is 1. The lowest BCUT2D eigenvalue weighted by Crippen LogP contribution is -2.01. The highest BCUT2D eigenvalue weighted by Crippen LogP contribution is 1.97. The van der Waals surface area contributed by atoms with E-state index in [4.69, 9.17) is 10.8 Å². The van der Waals surface area contributed by atoms with Gasteiger partial charge in [0.15, 0.2) is 0 Å². The molecule has 1 heterocycles. The van der Waals surface area contributed by atoms with Crippen LogP contribution in [-0.2, 0) is 13.2 Å². The third-order valence-electron chi connectivity index (χ3n) is 1.24. The molecule has 1 aromatic rings. The van der Waals surface area contributed by atoms with E-state index < -0.39 is 0 Å². The molecule has 3 heteroatoms. The number of aromatic nitrogens is 1. The van der Waals surface area contributed by atoms with Crippen LogP contribution in [-0.4, -0.2) is 10.1 Å². The SMILES string of the molecule is CC.NCc1cccc(CO)n1. The predicted octanol–water partition coefficient (Wildman–Crippen LogP) is 1.06. The number of aliphatic hydroxyl groups excluding tert-OH is 1. The molecular formula is C9H16N2O. The molecule has 0 bridgehead atoms. The second-order valence-corrected chi connectivity index (χ2v) is 1.98. The molecule has 0 fully saturated rings. The first-order valence-electron chi connectivity index (χ1n) is 4.12. The fraction of sp³-hybridized carbons (Fsp3) is 0.444. The fourth-order valence-corrected chi connectivity index (χ4v) is 0.731. The molecule has 3 nitrogen and oxygen atoms in total. The van der Waals surface area contributed by atoms with Gasteiger partial charge >= 0.3 is 0 Å². The van der Waals surface area contributed by atoms with E-state index in [1.807, 2.05) is 26.0 Å². The van der Waals surface area contributed by atoms with E-state index in [-0.39, 0.29) is 6.61 Å². The average Bonchev–Trinajstić information content (AvgIpc) is 2.21. The van der Waals surface area contributed by atoms with Crippen LogP contribution in [0.1, 0.15) is 25.2 Å². The number of rotatable bonds is 2. The van der Waals surface area contributed by atoms with E-state index in [0.29, 0.717) is 12.2 Å². The van der Waals surface area contributed by atoms with Crippen LogP contribution in [0.2, 0.25) is 0 Å². The summed E-state index contributed by atoms with van der Waals surface area (Å²) in [6.07, 6.45) is 0. The molecule has 0 saturated heterocycles. The van der Waals surface area contributed by atoms with Gasteiger partial charge in [0.1, 0.15) is 0 Å². The predicted molar refractivity (Wildman–Crippen MR) is 49.4 cm³/mol. The van der Waals surface area contributed by atoms with Gasteiger partial charge in [0, 0.05) is 6.54 Å². The van der Waals surface area contributed by atoms with Crippen LogP contribution in [0.25, 0.3) is 0 Å². The molecule has 0 aliphatic rings. The second-order valence-electron chi connectivity index (χ2n) is 1.98. The molecule has 12 heavy (non-hydrogen) atoms. The molecule has 68 valence electrons. The molecule has 1 aromatic heterocycles. The maximum absolute atomic E-state index is 8.65. The van der Waals surface area contributed by atoms with Crippen molar-refractivity contribution < 1.29 is 5.11 Å². The Morgan fingerprint density at radius 1 is 1.33 bits per heavy atom. The zero-order valence-electron chi connectivity index (χ0n) is 7.62. The number of aliphatic hydroxyl groups is 1. The van der Waals surface area contributed by atoms with Crippen molar-refractivity contribution >= 4 is 0 Å². The minimum absolute atomic E-state index is 0.0200. The lowest BCUT2D eigenvalue weighted by atomic mass is 10.3. The Labute approximate surface area is 73.3 Å². The summed E-state index contributed by atoms with van der Waals surface area (Å²) in [4.78, 5) is 4.03. The van der Waals surface area contributed by atoms with E-state index in [1.165, 1.54) is 0 Å². The molecule has 3 N–H and O–H groups in total. The van der Waals surface area contributed by atoms with Crippen LogP contribution >= 0.6 is 0 Å². The van der Waals surface area contributed by atoms with Gasteiger partial charge in [0.25, 0.3) is 0 Å². The molecule has 0 atom stereocenters. The van der Waals surface area contributed by atoms with Crippen molar-refractivity contribution in [3.05, 3.63) is 29.6 Å². The fourth-order valence-electron chi connectivity index (χ4n) is 0.731. The first kappa shape index (κ1) is 11.1. The van der Waals surface area contributed by atoms with Crippen molar-refractivity contribution in [2.45, 2.75) is 27.0 Å². The zero-order chi connectivity index (χ0) is 9.40. The van der Waals surface area contributed by atoms with Crippen LogP contribution in [0, 0.1) is 0 Å². The van der Waals surface area contributed by atoms with E-state index >= 15 is 0 Å². The number of hydrogen-bond acceptors (Lipinski definition) is 3. The van der Waals surface area contributed by atoms with Crippen molar-refractivity contribution in [3.63, 3.8) is 0 Å². The Morgan fingerprint density at radius 2 is 1.92 bits per heavy atom. The van der Waals surface area contributed by atoms with Crippen LogP contribution in [0.3, 0.4) is 0 Å². The molecule has 0 saturated carbocycles. The zero-order valence-corrected chi connectivity index (χ0v) is 7.62. The summed E-state index contributed by atoms with van der Waals surface area (Å²) in [6.45, 7) is 4.40. The molecule has 0 aliphatic heterocycles. The average molecular weight is 168 g/mol. The van der Waals surface area contributed by atoms with E-state index in [0.717, 1.165) is 5.69 Å². The molecule has 0 aliphatic carbocycles. The van der Waals surface area contributed by atoms with E-state index in [9.17, 15) is 0 Å². The summed E-state index contributed by atoms with van der Waals surface area (Å²) < 4.78 is 0. The van der Waals surface area contributed by atoms with Crippen LogP contribution < -0.4 is 5.73 Å². The van der Waals surface area contributed by atoms with Gasteiger partial charge in [-0.05, 0) is 12.1 Å². The standard InChI is InChI=1S/C7H10N2O.C2H6/c8-4-6-2-1-3-7(5-10)9-6;1-2/h1-3,10H,4-5,8H2;1-2H3. The van der Waals surface area contributed by atoms with Crippen LogP contribution in [0.5, 0.6) is 0 Å². The Hall–Kier alpha value is -0.930. The maximum atomic E-state index is 8.65. The number of nitrogens with zero attached hydrogens (tertiary/aromatic N) is 1. The Kier molecular flexibility index (Phi) is 6.24. The number of hydrogen-bond donors (Lipinski definition) is 2. The maximum Gasteiger partial charge on any atom is 0.0853 e. The highest BCUT2D eigenvalue weighted by Gasteiger charge is 1.92. The first-order valence-corrected chi connectivity index (χ1v) is 4.12. The van der Waals surface area contributed by atoms with Gasteiger partial charge in [0.2, 0.25) is 0 Å². The Balaban J connectivity index is 0.000000561. The molecule has 0 unspecified atom stereocenters. The topological polar surface area (TPSA) is 59.1 Å². The monoisotopic (exact) mass is 168 g/mol. The molecule has 0 aromatic carbocycles. The summed E-state index contributed by atoms with van der Waals surface area (Å²) in [5, 5.41) is 8.65. The van der Waals surface area contributed by atoms with Gasteiger partial charge < -0.3 is 10.8 Å². The molecule has 0 amide bonds. The van der Waals surface area contributed by atoms with Crippen LogP contribution in [0.4, 0.5) is 0 Å². The van der Waals surface area contributed by atoms with Gasteiger partial charge in [-0.2, -0.15) is 0 Å². The highest BCUT2D eigenvalue weighted by atomic mass is 16.3. The van der Waals surface area contributed by atoms with Crippen LogP contribution in [0.15, 0.2) is 18.2 Å². The third kappa shape index (κ3) is 3.46. The summed E-state index contributed by atoms with van der Waals surface area (Å²) in [7, 11) is 0. The molecule has 0 spiro atoms. The molecule has 0 radical (unpaired) electrons. The quantitative estimate of drug-likeness (QED) is 0.694. The van der Waals surface area contributed by atoms with Crippen molar-refractivity contribution in [2.24, 2.45) is 5.73 Å². The third-order valence-corrected chi connectivity index (χ3v) is 1.24. The Morgan fingerprint density at radius 3 is 2.42 bits per heavy atom. The minimum atomic E-state index is -0.0200. The normalized spacial score (nSPS) is 8.67. The summed E-state index contributed by atoms with van der Waals surface area (Å²) in [5.74, 6) is 0. The summed E-state index contributed by atoms with van der Waals surface area (Å²) in [6, 6.07) is 5.43. The van der Waals surface area contributed by atoms with Crippen molar-refractivity contribution in [1.29, 1.82) is 0 Å². The number of pyridine rings is 1. The van der Waals surface area contributed by atoms with E-state index in [2.05, 4.69) is 4.98 Å². The smallest absolute Gasteiger partial charge is 0.0853 e. The van der Waals surface area contributed by atoms with Gasteiger partial charge in [-0.25, -0.2) is 0 Å². The summed E-state index contributed by atoms with van der Waals surface area (Å²) in [5.41, 5.74) is 6.81. The summed E-state index contributed by atoms with van der Waals surface area (Å²) >= 11 is 0. The highest BCUT2D eigenvalue weighted by molar-refractivity contribution is 5.09. The van der Waals surface area contributed by atoms with Crippen molar-refractivity contribution in [1.82, 2.24) is 4.98 Å². The van der Waals surface area contributed by atoms with Gasteiger partial charge in [-0.3, -0.25) is 4.98 Å². The first-order chi connectivity index (χ1) is 5.86. The molecular weight excluding hydrogens is 152 g/mol. The Bertz CT molecular complexity index is 194. The molecule has 1 rings (SSSR count). The van der Waals surface area contributed by atoms with Gasteiger partial charge in [0.05, 0.1) is 18.0 Å². The van der Waals surface area contributed by atoms with Crippen molar-refractivity contribution in [3.8, 4) is 0 Å². The van der Waals surface area contributed by atoms with Gasteiger partial charge in [-0.15, -0.1) is 0 Å². The second kappa shape index (κ2) is 6.76. The minimum Gasteiger partial charge on any atom is -0.390 e. The van der Waals surface area contributed by atoms with Crippen molar-refractivity contribution in [2.75, 3.05) is 0 Å².